The predicted molar refractivity (Wildman–Crippen MR) is 74.7 cm³/mol. The van der Waals surface area contributed by atoms with E-state index in [9.17, 15) is 4.79 Å². The molecule has 2 aromatic rings. The van der Waals surface area contributed by atoms with Gasteiger partial charge in [-0.1, -0.05) is 6.07 Å². The van der Waals surface area contributed by atoms with Gasteiger partial charge in [-0.2, -0.15) is 0 Å². The average molecular weight is 308 g/mol. The molecule has 18 heavy (non-hydrogen) atoms. The first-order valence-electron chi connectivity index (χ1n) is 5.67. The monoisotopic (exact) mass is 307 g/mol. The van der Waals surface area contributed by atoms with Crippen LogP contribution in [0, 0.1) is 0 Å². The Morgan fingerprint density at radius 3 is 2.83 bits per heavy atom. The third-order valence-corrected chi connectivity index (χ3v) is 2.94. The Kier molecular flexibility index (Phi) is 3.81. The van der Waals surface area contributed by atoms with Gasteiger partial charge in [0.15, 0.2) is 0 Å². The summed E-state index contributed by atoms with van der Waals surface area (Å²) in [6.45, 7) is 4.06. The van der Waals surface area contributed by atoms with E-state index in [4.69, 9.17) is 0 Å². The molecule has 0 bridgehead atoms. The van der Waals surface area contributed by atoms with E-state index in [1.807, 2.05) is 36.7 Å². The maximum atomic E-state index is 12.2. The molecule has 2 aromatic heterocycles. The van der Waals surface area contributed by atoms with Crippen molar-refractivity contribution in [3.05, 3.63) is 46.8 Å². The number of halogens is 1. The smallest absolute Gasteiger partial charge is 0.273 e. The normalized spacial score (nSPS) is 10.7. The Bertz CT molecular complexity index is 549. The Hall–Kier alpha value is -1.62. The minimum absolute atomic E-state index is 0.159. The van der Waals surface area contributed by atoms with E-state index in [0.29, 0.717) is 11.5 Å². The number of amides is 1. The molecule has 2 heterocycles. The third kappa shape index (κ3) is 2.79. The van der Waals surface area contributed by atoms with Crippen LogP contribution in [0.2, 0.25) is 0 Å². The zero-order chi connectivity index (χ0) is 13.1. The van der Waals surface area contributed by atoms with Crippen LogP contribution >= 0.6 is 15.9 Å². The fourth-order valence-corrected chi connectivity index (χ4v) is 2.11. The van der Waals surface area contributed by atoms with E-state index in [1.165, 1.54) is 0 Å². The van der Waals surface area contributed by atoms with E-state index in [0.717, 1.165) is 4.47 Å². The highest BCUT2D eigenvalue weighted by atomic mass is 79.9. The maximum absolute atomic E-state index is 12.2. The number of pyridine rings is 1. The molecule has 0 aliphatic heterocycles. The lowest BCUT2D eigenvalue weighted by Gasteiger charge is -2.12. The summed E-state index contributed by atoms with van der Waals surface area (Å²) in [4.78, 5) is 16.2. The lowest BCUT2D eigenvalue weighted by Crippen LogP contribution is -2.18. The molecule has 1 N–H and O–H groups in total. The van der Waals surface area contributed by atoms with Crippen LogP contribution in [-0.4, -0.2) is 15.5 Å². The van der Waals surface area contributed by atoms with E-state index in [2.05, 4.69) is 26.2 Å². The summed E-state index contributed by atoms with van der Waals surface area (Å²) >= 11 is 3.39. The fraction of sp³-hybridized carbons (Fsp3) is 0.231. The van der Waals surface area contributed by atoms with Crippen molar-refractivity contribution in [2.75, 3.05) is 5.32 Å². The summed E-state index contributed by atoms with van der Waals surface area (Å²) in [7, 11) is 0. The average Bonchev–Trinajstić information content (AvgIpc) is 2.73. The zero-order valence-electron chi connectivity index (χ0n) is 10.2. The number of anilines is 1. The molecule has 0 atom stereocenters. The number of nitrogens with zero attached hydrogens (tertiary/aromatic N) is 2. The Morgan fingerprint density at radius 1 is 1.44 bits per heavy atom. The highest BCUT2D eigenvalue weighted by molar-refractivity contribution is 9.10. The van der Waals surface area contributed by atoms with Crippen molar-refractivity contribution in [2.24, 2.45) is 0 Å². The molecule has 94 valence electrons. The molecule has 0 aromatic carbocycles. The Morgan fingerprint density at radius 2 is 2.22 bits per heavy atom. The number of nitrogens with one attached hydrogen (secondary N) is 1. The van der Waals surface area contributed by atoms with Crippen molar-refractivity contribution in [1.82, 2.24) is 9.55 Å². The van der Waals surface area contributed by atoms with Crippen LogP contribution in [0.3, 0.4) is 0 Å². The summed E-state index contributed by atoms with van der Waals surface area (Å²) < 4.78 is 2.81. The van der Waals surface area contributed by atoms with Crippen molar-refractivity contribution >= 4 is 27.7 Å². The van der Waals surface area contributed by atoms with E-state index in [1.54, 1.807) is 18.3 Å². The van der Waals surface area contributed by atoms with Gasteiger partial charge in [-0.3, -0.25) is 4.79 Å². The summed E-state index contributed by atoms with van der Waals surface area (Å²) in [6, 6.07) is 7.43. The summed E-state index contributed by atoms with van der Waals surface area (Å²) in [6.07, 6.45) is 3.55. The molecular weight excluding hydrogens is 294 g/mol. The first-order valence-corrected chi connectivity index (χ1v) is 6.47. The number of rotatable bonds is 3. The second kappa shape index (κ2) is 5.35. The SMILES string of the molecule is CC(C)n1cc(Br)cc1C(=O)Nc1ccccn1. The van der Waals surface area contributed by atoms with Crippen LogP contribution in [0.5, 0.6) is 0 Å². The van der Waals surface area contributed by atoms with Gasteiger partial charge in [0.25, 0.3) is 5.91 Å². The minimum Gasteiger partial charge on any atom is -0.340 e. The van der Waals surface area contributed by atoms with Crippen LogP contribution < -0.4 is 5.32 Å². The Labute approximate surface area is 114 Å². The minimum atomic E-state index is -0.159. The second-order valence-corrected chi connectivity index (χ2v) is 5.13. The van der Waals surface area contributed by atoms with E-state index in [-0.39, 0.29) is 11.9 Å². The summed E-state index contributed by atoms with van der Waals surface area (Å²) in [5.74, 6) is 0.392. The summed E-state index contributed by atoms with van der Waals surface area (Å²) in [5.41, 5.74) is 0.613. The van der Waals surface area contributed by atoms with Crippen molar-refractivity contribution < 1.29 is 4.79 Å². The second-order valence-electron chi connectivity index (χ2n) is 4.21. The number of hydrogen-bond donors (Lipinski definition) is 1. The van der Waals surface area contributed by atoms with Crippen LogP contribution in [-0.2, 0) is 0 Å². The maximum Gasteiger partial charge on any atom is 0.273 e. The van der Waals surface area contributed by atoms with Crippen molar-refractivity contribution in [1.29, 1.82) is 0 Å². The van der Waals surface area contributed by atoms with Gasteiger partial charge in [0.1, 0.15) is 11.5 Å². The molecular formula is C13H14BrN3O. The third-order valence-electron chi connectivity index (χ3n) is 2.51. The molecule has 0 radical (unpaired) electrons. The van der Waals surface area contributed by atoms with Gasteiger partial charge in [-0.05, 0) is 48.0 Å². The van der Waals surface area contributed by atoms with Crippen molar-refractivity contribution in [3.63, 3.8) is 0 Å². The lowest BCUT2D eigenvalue weighted by atomic mass is 10.3. The first kappa shape index (κ1) is 12.8. The van der Waals surface area contributed by atoms with Crippen molar-refractivity contribution in [2.45, 2.75) is 19.9 Å². The molecule has 0 fully saturated rings. The largest absolute Gasteiger partial charge is 0.340 e. The number of carbonyl (C=O) groups is 1. The van der Waals surface area contributed by atoms with Crippen LogP contribution in [0.25, 0.3) is 0 Å². The van der Waals surface area contributed by atoms with Gasteiger partial charge in [0.2, 0.25) is 0 Å². The van der Waals surface area contributed by atoms with Gasteiger partial charge < -0.3 is 9.88 Å². The van der Waals surface area contributed by atoms with Crippen LogP contribution in [0.15, 0.2) is 41.1 Å². The standard InChI is InChI=1S/C13H14BrN3O/c1-9(2)17-8-10(14)7-11(17)13(18)16-12-5-3-4-6-15-12/h3-9H,1-2H3,(H,15,16,18). The molecule has 0 aliphatic carbocycles. The highest BCUT2D eigenvalue weighted by Gasteiger charge is 2.15. The molecule has 5 heteroatoms. The molecule has 1 amide bonds. The summed E-state index contributed by atoms with van der Waals surface area (Å²) in [5, 5.41) is 2.78. The quantitative estimate of drug-likeness (QED) is 0.943. The number of hydrogen-bond acceptors (Lipinski definition) is 2. The fourth-order valence-electron chi connectivity index (χ4n) is 1.67. The molecule has 2 rings (SSSR count). The molecule has 0 saturated carbocycles. The van der Waals surface area contributed by atoms with Gasteiger partial charge in [0.05, 0.1) is 0 Å². The molecule has 0 unspecified atom stereocenters. The molecule has 0 aliphatic rings. The van der Waals surface area contributed by atoms with Crippen LogP contribution in [0.4, 0.5) is 5.82 Å². The Balaban J connectivity index is 2.24. The molecule has 0 saturated heterocycles. The van der Waals surface area contributed by atoms with E-state index < -0.39 is 0 Å². The highest BCUT2D eigenvalue weighted by Crippen LogP contribution is 2.20. The lowest BCUT2D eigenvalue weighted by molar-refractivity contribution is 0.101. The van der Waals surface area contributed by atoms with Gasteiger partial charge >= 0.3 is 0 Å². The first-order chi connectivity index (χ1) is 8.58. The predicted octanol–water partition coefficient (Wildman–Crippen LogP) is 3.48. The zero-order valence-corrected chi connectivity index (χ0v) is 11.8. The van der Waals surface area contributed by atoms with Gasteiger partial charge in [-0.25, -0.2) is 4.98 Å². The topological polar surface area (TPSA) is 46.9 Å². The molecule has 4 nitrogen and oxygen atoms in total. The van der Waals surface area contributed by atoms with Crippen molar-refractivity contribution in [3.8, 4) is 0 Å². The number of carbonyl (C=O) groups excluding carboxylic acids is 1. The molecule has 0 spiro atoms. The van der Waals surface area contributed by atoms with Gasteiger partial charge in [-0.15, -0.1) is 0 Å². The van der Waals surface area contributed by atoms with Gasteiger partial charge in [0, 0.05) is 22.9 Å². The van der Waals surface area contributed by atoms with Crippen LogP contribution in [0.1, 0.15) is 30.4 Å². The van der Waals surface area contributed by atoms with E-state index >= 15 is 0 Å². The number of aromatic nitrogens is 2.